The number of phenols is 1. The maximum atomic E-state index is 11.9. The van der Waals surface area contributed by atoms with E-state index in [2.05, 4.69) is 17.5 Å². The molecule has 5 heteroatoms. The zero-order chi connectivity index (χ0) is 15.9. The van der Waals surface area contributed by atoms with Crippen LogP contribution in [0.25, 0.3) is 0 Å². The number of hydrogen-bond donors (Lipinski definition) is 2. The maximum Gasteiger partial charge on any atom is 0.243 e. The number of phenolic OH excluding ortho intramolecular Hbond substituents is 1. The van der Waals surface area contributed by atoms with Gasteiger partial charge >= 0.3 is 0 Å². The summed E-state index contributed by atoms with van der Waals surface area (Å²) in [6.45, 7) is 2.18. The van der Waals surface area contributed by atoms with Crippen LogP contribution in [-0.2, 0) is 4.79 Å². The second-order valence-electron chi connectivity index (χ2n) is 5.76. The first-order valence-corrected chi connectivity index (χ1v) is 7.85. The molecule has 1 saturated carbocycles. The van der Waals surface area contributed by atoms with Gasteiger partial charge in [-0.25, -0.2) is 5.43 Å². The van der Waals surface area contributed by atoms with Crippen molar-refractivity contribution in [2.45, 2.75) is 39.0 Å². The summed E-state index contributed by atoms with van der Waals surface area (Å²) in [5.74, 6) is 1.33. The normalized spacial score (nSPS) is 20.1. The van der Waals surface area contributed by atoms with Gasteiger partial charge in [0.1, 0.15) is 11.5 Å². The minimum atomic E-state index is -0.0277. The van der Waals surface area contributed by atoms with E-state index in [0.29, 0.717) is 17.2 Å². The van der Waals surface area contributed by atoms with E-state index >= 15 is 0 Å². The molecule has 1 aromatic rings. The minimum absolute atomic E-state index is 0.0277. The van der Waals surface area contributed by atoms with Crippen LogP contribution < -0.4 is 10.2 Å². The van der Waals surface area contributed by atoms with E-state index in [0.717, 1.165) is 12.8 Å². The lowest BCUT2D eigenvalue weighted by molar-refractivity contribution is -0.122. The molecule has 0 spiro atoms. The Morgan fingerprint density at radius 1 is 1.50 bits per heavy atom. The molecule has 0 unspecified atom stereocenters. The molecule has 2 N–H and O–H groups in total. The number of aromatic hydroxyl groups is 1. The number of benzene rings is 1. The van der Waals surface area contributed by atoms with Crippen LogP contribution in [0.1, 0.15) is 44.6 Å². The third-order valence-electron chi connectivity index (χ3n) is 4.05. The van der Waals surface area contributed by atoms with Gasteiger partial charge in [-0.1, -0.05) is 26.2 Å². The molecule has 5 nitrogen and oxygen atoms in total. The standard InChI is InChI=1S/C17H24N2O3/c1-3-4-5-6-12-10-15(12)17(21)19-18-11-13-9-14(22-2)7-8-16(13)20/h7-9,11-12,15,20H,3-6,10H2,1-2H3,(H,19,21)/b18-11+/t12-,15+/m0/s1. The molecule has 0 aliphatic heterocycles. The van der Waals surface area contributed by atoms with Crippen molar-refractivity contribution in [2.24, 2.45) is 16.9 Å². The Hall–Kier alpha value is -2.04. The second kappa shape index (κ2) is 7.82. The van der Waals surface area contributed by atoms with Crippen LogP contribution in [-0.4, -0.2) is 24.3 Å². The molecule has 0 aromatic heterocycles. The van der Waals surface area contributed by atoms with E-state index in [-0.39, 0.29) is 17.6 Å². The van der Waals surface area contributed by atoms with Crippen molar-refractivity contribution in [3.05, 3.63) is 23.8 Å². The summed E-state index contributed by atoms with van der Waals surface area (Å²) in [5, 5.41) is 13.7. The monoisotopic (exact) mass is 304 g/mol. The van der Waals surface area contributed by atoms with Gasteiger partial charge in [0.05, 0.1) is 13.3 Å². The summed E-state index contributed by atoms with van der Waals surface area (Å²) in [5.41, 5.74) is 3.07. The van der Waals surface area contributed by atoms with Crippen molar-refractivity contribution < 1.29 is 14.6 Å². The lowest BCUT2D eigenvalue weighted by Crippen LogP contribution is -2.20. The first-order valence-electron chi connectivity index (χ1n) is 7.85. The zero-order valence-corrected chi connectivity index (χ0v) is 13.2. The third kappa shape index (κ3) is 4.48. The summed E-state index contributed by atoms with van der Waals surface area (Å²) in [6, 6.07) is 4.86. The van der Waals surface area contributed by atoms with Crippen molar-refractivity contribution in [2.75, 3.05) is 7.11 Å². The number of hydrazone groups is 1. The van der Waals surface area contributed by atoms with Gasteiger partial charge in [-0.15, -0.1) is 0 Å². The predicted molar refractivity (Wildman–Crippen MR) is 86.1 cm³/mol. The van der Waals surface area contributed by atoms with Crippen LogP contribution in [0.15, 0.2) is 23.3 Å². The smallest absolute Gasteiger partial charge is 0.243 e. The molecular weight excluding hydrogens is 280 g/mol. The molecule has 0 radical (unpaired) electrons. The van der Waals surface area contributed by atoms with Gasteiger partial charge in [0.25, 0.3) is 0 Å². The van der Waals surface area contributed by atoms with Gasteiger partial charge in [-0.05, 0) is 37.0 Å². The lowest BCUT2D eigenvalue weighted by Gasteiger charge is -2.03. The lowest BCUT2D eigenvalue weighted by atomic mass is 10.1. The number of rotatable bonds is 8. The van der Waals surface area contributed by atoms with E-state index in [9.17, 15) is 9.90 Å². The van der Waals surface area contributed by atoms with E-state index in [1.54, 1.807) is 19.2 Å². The van der Waals surface area contributed by atoms with Gasteiger partial charge in [-0.3, -0.25) is 4.79 Å². The highest BCUT2D eigenvalue weighted by atomic mass is 16.5. The minimum Gasteiger partial charge on any atom is -0.507 e. The molecule has 120 valence electrons. The molecule has 0 saturated heterocycles. The van der Waals surface area contributed by atoms with Crippen LogP contribution in [0.2, 0.25) is 0 Å². The number of ether oxygens (including phenoxy) is 1. The fraction of sp³-hybridized carbons (Fsp3) is 0.529. The highest BCUT2D eigenvalue weighted by Crippen LogP contribution is 2.42. The Balaban J connectivity index is 1.79. The number of methoxy groups -OCH3 is 1. The molecule has 1 fully saturated rings. The van der Waals surface area contributed by atoms with Crippen molar-refractivity contribution in [3.63, 3.8) is 0 Å². The van der Waals surface area contributed by atoms with Gasteiger partial charge in [0.2, 0.25) is 5.91 Å². The first kappa shape index (κ1) is 16.3. The third-order valence-corrected chi connectivity index (χ3v) is 4.05. The molecule has 1 aliphatic rings. The van der Waals surface area contributed by atoms with Gasteiger partial charge in [0, 0.05) is 11.5 Å². The van der Waals surface area contributed by atoms with Crippen molar-refractivity contribution in [1.82, 2.24) is 5.43 Å². The zero-order valence-electron chi connectivity index (χ0n) is 13.2. The predicted octanol–water partition coefficient (Wildman–Crippen LogP) is 3.07. The topological polar surface area (TPSA) is 70.9 Å². The van der Waals surface area contributed by atoms with Crippen LogP contribution in [0.3, 0.4) is 0 Å². The quantitative estimate of drug-likeness (QED) is 0.440. The maximum absolute atomic E-state index is 11.9. The van der Waals surface area contributed by atoms with E-state index in [4.69, 9.17) is 4.74 Å². The Morgan fingerprint density at radius 2 is 2.32 bits per heavy atom. The SMILES string of the molecule is CCCCC[C@H]1C[C@H]1C(=O)N/N=C/c1cc(OC)ccc1O. The van der Waals surface area contributed by atoms with Crippen molar-refractivity contribution in [1.29, 1.82) is 0 Å². The second-order valence-corrected chi connectivity index (χ2v) is 5.76. The van der Waals surface area contributed by atoms with E-state index < -0.39 is 0 Å². The Labute approximate surface area is 131 Å². The van der Waals surface area contributed by atoms with Crippen molar-refractivity contribution >= 4 is 12.1 Å². The Kier molecular flexibility index (Phi) is 5.81. The number of carbonyl (C=O) groups excluding carboxylic acids is 1. The van der Waals surface area contributed by atoms with Crippen LogP contribution >= 0.6 is 0 Å². The number of hydrogen-bond acceptors (Lipinski definition) is 4. The molecule has 2 rings (SSSR count). The number of nitrogens with one attached hydrogen (secondary N) is 1. The van der Waals surface area contributed by atoms with Gasteiger partial charge in [-0.2, -0.15) is 5.10 Å². The summed E-state index contributed by atoms with van der Waals surface area (Å²) in [7, 11) is 1.56. The number of amides is 1. The van der Waals surface area contributed by atoms with Crippen LogP contribution in [0.5, 0.6) is 11.5 Å². The molecular formula is C17H24N2O3. The molecule has 0 heterocycles. The summed E-state index contributed by atoms with van der Waals surface area (Å²) in [4.78, 5) is 11.9. The molecule has 1 aromatic carbocycles. The average molecular weight is 304 g/mol. The van der Waals surface area contributed by atoms with Gasteiger partial charge < -0.3 is 9.84 Å². The molecule has 1 aliphatic carbocycles. The average Bonchev–Trinajstić information content (AvgIpc) is 3.29. The largest absolute Gasteiger partial charge is 0.507 e. The summed E-state index contributed by atoms with van der Waals surface area (Å²) in [6.07, 6.45) is 7.17. The summed E-state index contributed by atoms with van der Waals surface area (Å²) >= 11 is 0. The highest BCUT2D eigenvalue weighted by molar-refractivity contribution is 5.86. The first-order chi connectivity index (χ1) is 10.7. The molecule has 1 amide bonds. The molecule has 2 atom stereocenters. The Morgan fingerprint density at radius 3 is 3.05 bits per heavy atom. The number of carbonyl (C=O) groups is 1. The van der Waals surface area contributed by atoms with Crippen LogP contribution in [0.4, 0.5) is 0 Å². The fourth-order valence-electron chi connectivity index (χ4n) is 2.56. The fourth-order valence-corrected chi connectivity index (χ4v) is 2.56. The molecule has 0 bridgehead atoms. The van der Waals surface area contributed by atoms with E-state index in [1.807, 2.05) is 0 Å². The highest BCUT2D eigenvalue weighted by Gasteiger charge is 2.42. The number of nitrogens with zero attached hydrogens (tertiary/aromatic N) is 1. The number of unbranched alkanes of at least 4 members (excludes halogenated alkanes) is 2. The molecule has 22 heavy (non-hydrogen) atoms. The summed E-state index contributed by atoms with van der Waals surface area (Å²) < 4.78 is 5.09. The Bertz CT molecular complexity index is 543. The van der Waals surface area contributed by atoms with Crippen molar-refractivity contribution in [3.8, 4) is 11.5 Å². The van der Waals surface area contributed by atoms with Gasteiger partial charge in [0.15, 0.2) is 0 Å². The van der Waals surface area contributed by atoms with E-state index in [1.165, 1.54) is 31.5 Å². The van der Waals surface area contributed by atoms with Crippen LogP contribution in [0, 0.1) is 11.8 Å².